The van der Waals surface area contributed by atoms with Crippen molar-refractivity contribution >= 4 is 32.7 Å². The Labute approximate surface area is 199 Å². The lowest BCUT2D eigenvalue weighted by molar-refractivity contribution is 0.414. The minimum absolute atomic E-state index is 0.164. The first-order chi connectivity index (χ1) is 16.4. The van der Waals surface area contributed by atoms with Gasteiger partial charge in [-0.15, -0.1) is 0 Å². The summed E-state index contributed by atoms with van der Waals surface area (Å²) < 4.78 is 34.3. The molecule has 7 nitrogen and oxygen atoms in total. The van der Waals surface area contributed by atoms with Crippen molar-refractivity contribution in [2.45, 2.75) is 25.2 Å². The van der Waals surface area contributed by atoms with Crippen LogP contribution in [0.15, 0.2) is 71.6 Å². The summed E-state index contributed by atoms with van der Waals surface area (Å²) in [4.78, 5) is 11.8. The van der Waals surface area contributed by atoms with Gasteiger partial charge in [0.25, 0.3) is 10.0 Å². The van der Waals surface area contributed by atoms with Crippen LogP contribution in [-0.2, 0) is 16.4 Å². The summed E-state index contributed by atoms with van der Waals surface area (Å²) in [6.07, 6.45) is 0.731. The molecule has 0 saturated carbocycles. The van der Waals surface area contributed by atoms with E-state index in [4.69, 9.17) is 14.7 Å². The fourth-order valence-corrected chi connectivity index (χ4v) is 5.87. The Bertz CT molecular complexity index is 1470. The number of hydrogen-bond acceptors (Lipinski definition) is 6. The first kappa shape index (κ1) is 22.2. The number of hydrogen-bond donors (Lipinski definition) is 0. The lowest BCUT2D eigenvalue weighted by Crippen LogP contribution is -2.37. The van der Waals surface area contributed by atoms with Crippen molar-refractivity contribution in [3.63, 3.8) is 0 Å². The summed E-state index contributed by atoms with van der Waals surface area (Å²) in [5.41, 5.74) is 4.13. The maximum atomic E-state index is 13.8. The van der Waals surface area contributed by atoms with Crippen molar-refractivity contribution in [3.8, 4) is 5.75 Å². The molecule has 34 heavy (non-hydrogen) atoms. The number of sulfonamides is 1. The lowest BCUT2D eigenvalue weighted by Gasteiger charge is -2.21. The third-order valence-electron chi connectivity index (χ3n) is 6.11. The average Bonchev–Trinajstić information content (AvgIpc) is 3.21. The highest BCUT2D eigenvalue weighted by molar-refractivity contribution is 7.93. The highest BCUT2D eigenvalue weighted by atomic mass is 32.2. The van der Waals surface area contributed by atoms with Gasteiger partial charge in [0.1, 0.15) is 12.4 Å². The summed E-state index contributed by atoms with van der Waals surface area (Å²) in [5.74, 6) is 1.76. The zero-order valence-corrected chi connectivity index (χ0v) is 20.2. The summed E-state index contributed by atoms with van der Waals surface area (Å²) in [5, 5.41) is 0. The molecule has 0 spiro atoms. The van der Waals surface area contributed by atoms with Crippen LogP contribution in [0.25, 0.3) is 11.0 Å². The molecule has 0 radical (unpaired) electrons. The Hall–Kier alpha value is -3.65. The third-order valence-corrected chi connectivity index (χ3v) is 7.97. The van der Waals surface area contributed by atoms with Gasteiger partial charge in [-0.3, -0.25) is 0 Å². The van der Waals surface area contributed by atoms with Crippen LogP contribution in [-0.4, -0.2) is 38.7 Å². The van der Waals surface area contributed by atoms with Crippen LogP contribution >= 0.6 is 0 Å². The van der Waals surface area contributed by atoms with E-state index in [1.54, 1.807) is 13.2 Å². The summed E-state index contributed by atoms with van der Waals surface area (Å²) in [7, 11) is -2.18. The molecule has 0 amide bonds. The minimum Gasteiger partial charge on any atom is -0.497 e. The average molecular weight is 475 g/mol. The van der Waals surface area contributed by atoms with E-state index in [0.717, 1.165) is 28.8 Å². The number of benzene rings is 3. The number of aryl methyl sites for hydroxylation is 2. The number of rotatable bonds is 6. The fraction of sp³-hybridized carbons (Fsp3) is 0.231. The van der Waals surface area contributed by atoms with Crippen molar-refractivity contribution in [2.24, 2.45) is 0 Å². The number of aromatic nitrogens is 2. The van der Waals surface area contributed by atoms with Gasteiger partial charge < -0.3 is 9.64 Å². The largest absolute Gasteiger partial charge is 0.497 e. The number of fused-ring (bicyclic) bond motifs is 2. The van der Waals surface area contributed by atoms with Gasteiger partial charge in [-0.2, -0.15) is 0 Å². The third kappa shape index (κ3) is 3.94. The van der Waals surface area contributed by atoms with Crippen LogP contribution in [0.3, 0.4) is 0 Å². The zero-order chi connectivity index (χ0) is 23.9. The maximum Gasteiger partial charge on any atom is 0.267 e. The Morgan fingerprint density at radius 3 is 2.26 bits per heavy atom. The maximum absolute atomic E-state index is 13.8. The second-order valence-corrected chi connectivity index (χ2v) is 10.3. The smallest absolute Gasteiger partial charge is 0.267 e. The topological polar surface area (TPSA) is 75.6 Å². The highest BCUT2D eigenvalue weighted by Crippen LogP contribution is 2.38. The number of para-hydroxylation sites is 2. The molecule has 3 aromatic carbocycles. The molecule has 4 aromatic rings. The van der Waals surface area contributed by atoms with E-state index >= 15 is 0 Å². The standard InChI is InChI=1S/C26H26N4O3S/c1-18-8-9-19(2)24(16-18)34(31,32)30-17-29(15-14-20-10-12-21(33-3)13-11-20)25-26(30)28-23-7-5-4-6-22(23)27-25/h4-13,16H,14-15,17H2,1-3H3. The molecule has 0 N–H and O–H groups in total. The normalized spacial score (nSPS) is 13.4. The van der Waals surface area contributed by atoms with E-state index in [-0.39, 0.29) is 6.67 Å². The van der Waals surface area contributed by atoms with Gasteiger partial charge in [0.05, 0.1) is 23.0 Å². The molecule has 1 aliphatic rings. The Balaban J connectivity index is 1.54. The van der Waals surface area contributed by atoms with Crippen LogP contribution in [0, 0.1) is 13.8 Å². The van der Waals surface area contributed by atoms with Gasteiger partial charge in [0.15, 0.2) is 11.6 Å². The number of anilines is 2. The van der Waals surface area contributed by atoms with Crippen molar-refractivity contribution in [1.82, 2.24) is 9.97 Å². The van der Waals surface area contributed by atoms with E-state index in [1.807, 2.05) is 79.4 Å². The van der Waals surface area contributed by atoms with Crippen molar-refractivity contribution in [2.75, 3.05) is 29.5 Å². The second kappa shape index (κ2) is 8.61. The van der Waals surface area contributed by atoms with Crippen LogP contribution in [0.4, 0.5) is 11.6 Å². The molecule has 0 saturated heterocycles. The molecule has 0 bridgehead atoms. The van der Waals surface area contributed by atoms with E-state index in [2.05, 4.69) is 0 Å². The van der Waals surface area contributed by atoms with Crippen LogP contribution < -0.4 is 13.9 Å². The summed E-state index contributed by atoms with van der Waals surface area (Å²) in [6, 6.07) is 20.9. The van der Waals surface area contributed by atoms with Gasteiger partial charge in [-0.1, -0.05) is 36.4 Å². The molecule has 1 aliphatic heterocycles. The molecule has 0 aliphatic carbocycles. The molecular weight excluding hydrogens is 448 g/mol. The molecule has 8 heteroatoms. The van der Waals surface area contributed by atoms with Crippen LogP contribution in [0.1, 0.15) is 16.7 Å². The zero-order valence-electron chi connectivity index (χ0n) is 19.4. The monoisotopic (exact) mass is 474 g/mol. The number of nitrogens with zero attached hydrogens (tertiary/aromatic N) is 4. The molecule has 0 atom stereocenters. The SMILES string of the molecule is COc1ccc(CCN2CN(S(=O)(=O)c3cc(C)ccc3C)c3nc4ccccc4nc32)cc1. The van der Waals surface area contributed by atoms with Gasteiger partial charge >= 0.3 is 0 Å². The van der Waals surface area contributed by atoms with E-state index in [0.29, 0.717) is 34.2 Å². The predicted molar refractivity (Wildman–Crippen MR) is 134 cm³/mol. The van der Waals surface area contributed by atoms with Gasteiger partial charge in [0.2, 0.25) is 0 Å². The summed E-state index contributed by atoms with van der Waals surface area (Å²) >= 11 is 0. The van der Waals surface area contributed by atoms with Crippen molar-refractivity contribution < 1.29 is 13.2 Å². The quantitative estimate of drug-likeness (QED) is 0.410. The van der Waals surface area contributed by atoms with Crippen LogP contribution in [0.2, 0.25) is 0 Å². The molecule has 0 fully saturated rings. The second-order valence-electron chi connectivity index (χ2n) is 8.48. The Kier molecular flexibility index (Phi) is 5.61. The van der Waals surface area contributed by atoms with Gasteiger partial charge in [-0.05, 0) is 67.3 Å². The highest BCUT2D eigenvalue weighted by Gasteiger charge is 2.38. The van der Waals surface area contributed by atoms with E-state index in [9.17, 15) is 8.42 Å². The molecule has 0 unspecified atom stereocenters. The Morgan fingerprint density at radius 1 is 0.912 bits per heavy atom. The van der Waals surface area contributed by atoms with Crippen LogP contribution in [0.5, 0.6) is 5.75 Å². The molecule has 2 heterocycles. The Morgan fingerprint density at radius 2 is 1.59 bits per heavy atom. The van der Waals surface area contributed by atoms with E-state index in [1.165, 1.54) is 4.31 Å². The molecule has 174 valence electrons. The predicted octanol–water partition coefficient (Wildman–Crippen LogP) is 4.47. The van der Waals surface area contributed by atoms with Gasteiger partial charge in [-0.25, -0.2) is 22.7 Å². The van der Waals surface area contributed by atoms with Gasteiger partial charge in [0, 0.05) is 6.54 Å². The first-order valence-electron chi connectivity index (χ1n) is 11.1. The minimum atomic E-state index is -3.83. The lowest BCUT2D eigenvalue weighted by atomic mass is 10.1. The van der Waals surface area contributed by atoms with Crippen molar-refractivity contribution in [3.05, 3.63) is 83.4 Å². The number of ether oxygens (including phenoxy) is 1. The summed E-state index contributed by atoms with van der Waals surface area (Å²) in [6.45, 7) is 4.48. The first-order valence-corrected chi connectivity index (χ1v) is 12.6. The number of methoxy groups -OCH3 is 1. The molecular formula is C26H26N4O3S. The van der Waals surface area contributed by atoms with Crippen molar-refractivity contribution in [1.29, 1.82) is 0 Å². The molecule has 5 rings (SSSR count). The van der Waals surface area contributed by atoms with E-state index < -0.39 is 10.0 Å². The fourth-order valence-electron chi connectivity index (χ4n) is 4.18. The molecule has 1 aromatic heterocycles.